The van der Waals surface area contributed by atoms with Gasteiger partial charge in [-0.25, -0.2) is 4.98 Å². The molecule has 4 aromatic rings. The van der Waals surface area contributed by atoms with Gasteiger partial charge in [0.15, 0.2) is 0 Å². The Morgan fingerprint density at radius 1 is 0.889 bits per heavy atom. The Bertz CT molecular complexity index is 980. The van der Waals surface area contributed by atoms with Crippen molar-refractivity contribution in [3.63, 3.8) is 0 Å². The maximum absolute atomic E-state index is 12.8. The highest BCUT2D eigenvalue weighted by atomic mass is 32.1. The Hall–Kier alpha value is -3.38. The molecule has 0 saturated carbocycles. The summed E-state index contributed by atoms with van der Waals surface area (Å²) >= 11 is 1.40. The molecule has 6 heteroatoms. The number of carbonyl (C=O) groups is 1. The molecule has 0 unspecified atom stereocenters. The minimum absolute atomic E-state index is 0.243. The van der Waals surface area contributed by atoms with Gasteiger partial charge >= 0.3 is 0 Å². The van der Waals surface area contributed by atoms with Crippen molar-refractivity contribution < 1.29 is 4.79 Å². The van der Waals surface area contributed by atoms with E-state index in [4.69, 9.17) is 0 Å². The van der Waals surface area contributed by atoms with Crippen molar-refractivity contribution in [1.82, 2.24) is 20.3 Å². The van der Waals surface area contributed by atoms with Crippen molar-refractivity contribution >= 4 is 17.2 Å². The molecule has 0 aliphatic rings. The van der Waals surface area contributed by atoms with E-state index >= 15 is 0 Å². The van der Waals surface area contributed by atoms with E-state index in [0.717, 1.165) is 22.0 Å². The Labute approximate surface area is 160 Å². The topological polar surface area (TPSA) is 67.8 Å². The van der Waals surface area contributed by atoms with E-state index in [1.807, 2.05) is 66.7 Å². The monoisotopic (exact) mass is 372 g/mol. The highest BCUT2D eigenvalue weighted by Crippen LogP contribution is 2.23. The van der Waals surface area contributed by atoms with Crippen molar-refractivity contribution in [2.75, 3.05) is 0 Å². The molecule has 0 aliphatic heterocycles. The molecule has 5 nitrogen and oxygen atoms in total. The van der Waals surface area contributed by atoms with Gasteiger partial charge in [0.2, 0.25) is 0 Å². The Balaban J connectivity index is 1.60. The third-order valence-electron chi connectivity index (χ3n) is 4.01. The predicted molar refractivity (Wildman–Crippen MR) is 105 cm³/mol. The second kappa shape index (κ2) is 7.88. The summed E-state index contributed by atoms with van der Waals surface area (Å²) in [6, 6.07) is 20.7. The van der Waals surface area contributed by atoms with Crippen LogP contribution in [0, 0.1) is 0 Å². The second-order valence-electron chi connectivity index (χ2n) is 5.82. The van der Waals surface area contributed by atoms with E-state index in [1.54, 1.807) is 17.8 Å². The highest BCUT2D eigenvalue weighted by Gasteiger charge is 2.20. The van der Waals surface area contributed by atoms with Crippen LogP contribution >= 0.6 is 11.3 Å². The van der Waals surface area contributed by atoms with E-state index in [9.17, 15) is 4.79 Å². The van der Waals surface area contributed by atoms with E-state index < -0.39 is 0 Å². The quantitative estimate of drug-likeness (QED) is 0.572. The van der Waals surface area contributed by atoms with Gasteiger partial charge in [-0.05, 0) is 29.8 Å². The Morgan fingerprint density at radius 2 is 1.63 bits per heavy atom. The van der Waals surface area contributed by atoms with E-state index in [1.165, 1.54) is 11.3 Å². The third-order valence-corrected chi connectivity index (χ3v) is 4.88. The predicted octanol–water partition coefficient (Wildman–Crippen LogP) is 4.12. The van der Waals surface area contributed by atoms with Crippen molar-refractivity contribution in [2.45, 2.75) is 6.04 Å². The van der Waals surface area contributed by atoms with Crippen LogP contribution in [0.1, 0.15) is 27.8 Å². The molecule has 4 rings (SSSR count). The maximum atomic E-state index is 12.8. The summed E-state index contributed by atoms with van der Waals surface area (Å²) in [4.78, 5) is 26.0. The summed E-state index contributed by atoms with van der Waals surface area (Å²) in [6.45, 7) is 0. The first-order chi connectivity index (χ1) is 13.3. The zero-order valence-electron chi connectivity index (χ0n) is 14.3. The smallest absolute Gasteiger partial charge is 0.271 e. The molecule has 0 radical (unpaired) electrons. The molecule has 0 bridgehead atoms. The van der Waals surface area contributed by atoms with Gasteiger partial charge in [0, 0.05) is 17.8 Å². The van der Waals surface area contributed by atoms with Gasteiger partial charge < -0.3 is 5.32 Å². The van der Waals surface area contributed by atoms with Crippen LogP contribution in [-0.4, -0.2) is 20.9 Å². The summed E-state index contributed by atoms with van der Waals surface area (Å²) in [5.74, 6) is -0.243. The van der Waals surface area contributed by atoms with Crippen LogP contribution in [0.5, 0.6) is 0 Å². The van der Waals surface area contributed by atoms with Crippen molar-refractivity contribution in [3.8, 4) is 10.7 Å². The fourth-order valence-electron chi connectivity index (χ4n) is 2.71. The average Bonchev–Trinajstić information content (AvgIpc) is 3.24. The summed E-state index contributed by atoms with van der Waals surface area (Å²) in [6.07, 6.45) is 3.43. The van der Waals surface area contributed by atoms with Crippen LogP contribution in [0.2, 0.25) is 0 Å². The first-order valence-corrected chi connectivity index (χ1v) is 9.33. The number of thiazole rings is 1. The van der Waals surface area contributed by atoms with Gasteiger partial charge in [-0.1, -0.05) is 42.5 Å². The van der Waals surface area contributed by atoms with Crippen LogP contribution in [0.15, 0.2) is 84.5 Å². The number of aromatic nitrogens is 3. The van der Waals surface area contributed by atoms with Crippen LogP contribution in [-0.2, 0) is 0 Å². The van der Waals surface area contributed by atoms with Crippen LogP contribution in [0.4, 0.5) is 0 Å². The molecule has 0 saturated heterocycles. The number of carbonyl (C=O) groups excluding carboxylic acids is 1. The van der Waals surface area contributed by atoms with Gasteiger partial charge in [0.05, 0.1) is 17.4 Å². The molecule has 1 aromatic carbocycles. The van der Waals surface area contributed by atoms with Gasteiger partial charge in [0.1, 0.15) is 10.7 Å². The lowest BCUT2D eigenvalue weighted by molar-refractivity contribution is 0.0938. The number of rotatable bonds is 5. The van der Waals surface area contributed by atoms with Crippen molar-refractivity contribution in [2.24, 2.45) is 0 Å². The van der Waals surface area contributed by atoms with Crippen LogP contribution in [0.3, 0.4) is 0 Å². The summed E-state index contributed by atoms with van der Waals surface area (Å²) in [5.41, 5.74) is 2.87. The zero-order valence-corrected chi connectivity index (χ0v) is 15.1. The SMILES string of the molecule is O=C(N[C@@H](c1ccccc1)c1ccccn1)c1csc(-c2ccccn2)n1. The molecule has 1 atom stereocenters. The maximum Gasteiger partial charge on any atom is 0.271 e. The van der Waals surface area contributed by atoms with Crippen LogP contribution < -0.4 is 5.32 Å². The molecule has 1 N–H and O–H groups in total. The number of amides is 1. The van der Waals surface area contributed by atoms with Gasteiger partial charge in [-0.3, -0.25) is 14.8 Å². The molecule has 3 aromatic heterocycles. The van der Waals surface area contributed by atoms with E-state index in [2.05, 4.69) is 20.3 Å². The largest absolute Gasteiger partial charge is 0.338 e. The summed E-state index contributed by atoms with van der Waals surface area (Å²) in [5, 5.41) is 5.52. The zero-order chi connectivity index (χ0) is 18.5. The number of nitrogens with zero attached hydrogens (tertiary/aromatic N) is 3. The van der Waals surface area contributed by atoms with Crippen molar-refractivity contribution in [3.05, 3.63) is 101 Å². The lowest BCUT2D eigenvalue weighted by atomic mass is 10.0. The standard InChI is InChI=1S/C21H16N4OS/c26-20(18-14-27-21(24-18)17-11-5-7-13-23-17)25-19(15-8-2-1-3-9-15)16-10-4-6-12-22-16/h1-14,19H,(H,25,26)/t19-/m0/s1. The second-order valence-corrected chi connectivity index (χ2v) is 6.68. The lowest BCUT2D eigenvalue weighted by Crippen LogP contribution is -2.30. The molecule has 0 aliphatic carbocycles. The fraction of sp³-hybridized carbons (Fsp3) is 0.0476. The molecule has 0 fully saturated rings. The fourth-order valence-corrected chi connectivity index (χ4v) is 3.49. The number of hydrogen-bond donors (Lipinski definition) is 1. The number of benzene rings is 1. The molecule has 132 valence electrons. The lowest BCUT2D eigenvalue weighted by Gasteiger charge is -2.18. The highest BCUT2D eigenvalue weighted by molar-refractivity contribution is 7.13. The number of hydrogen-bond acceptors (Lipinski definition) is 5. The normalized spacial score (nSPS) is 11.7. The first-order valence-electron chi connectivity index (χ1n) is 8.45. The van der Waals surface area contributed by atoms with E-state index in [0.29, 0.717) is 5.69 Å². The Morgan fingerprint density at radius 3 is 2.33 bits per heavy atom. The molecular weight excluding hydrogens is 356 g/mol. The molecule has 0 spiro atoms. The van der Waals surface area contributed by atoms with Gasteiger partial charge in [0.25, 0.3) is 5.91 Å². The first kappa shape index (κ1) is 17.1. The third kappa shape index (κ3) is 3.91. The van der Waals surface area contributed by atoms with Crippen LogP contribution in [0.25, 0.3) is 10.7 Å². The summed E-state index contributed by atoms with van der Waals surface area (Å²) < 4.78 is 0. The molecule has 1 amide bonds. The van der Waals surface area contributed by atoms with Crippen molar-refractivity contribution in [1.29, 1.82) is 0 Å². The average molecular weight is 372 g/mol. The minimum Gasteiger partial charge on any atom is -0.338 e. The summed E-state index contributed by atoms with van der Waals surface area (Å²) in [7, 11) is 0. The molecular formula is C21H16N4OS. The van der Waals surface area contributed by atoms with Gasteiger partial charge in [-0.2, -0.15) is 0 Å². The number of nitrogens with one attached hydrogen (secondary N) is 1. The number of pyridine rings is 2. The Kier molecular flexibility index (Phi) is 4.98. The van der Waals surface area contributed by atoms with Gasteiger partial charge in [-0.15, -0.1) is 11.3 Å². The van der Waals surface area contributed by atoms with E-state index in [-0.39, 0.29) is 11.9 Å². The molecule has 3 heterocycles. The molecule has 27 heavy (non-hydrogen) atoms. The minimum atomic E-state index is -0.347.